The number of fused-ring (bicyclic) bond motifs is 1. The summed E-state index contributed by atoms with van der Waals surface area (Å²) in [5.74, 6) is 0.964. The van der Waals surface area contributed by atoms with Crippen LogP contribution in [-0.2, 0) is 13.1 Å². The van der Waals surface area contributed by atoms with E-state index in [-0.39, 0.29) is 0 Å². The first kappa shape index (κ1) is 13.6. The van der Waals surface area contributed by atoms with Gasteiger partial charge in [-0.2, -0.15) is 0 Å². The molecule has 1 aromatic heterocycles. The van der Waals surface area contributed by atoms with Crippen LogP contribution in [-0.4, -0.2) is 21.9 Å². The fraction of sp³-hybridized carbons (Fsp3) is 0.235. The number of imidazole rings is 1. The number of H-pyrrole nitrogens is 1. The van der Waals surface area contributed by atoms with E-state index in [2.05, 4.69) is 53.1 Å². The molecule has 3 N–H and O–H groups in total. The Morgan fingerprint density at radius 2 is 2.00 bits per heavy atom. The lowest BCUT2D eigenvalue weighted by Gasteiger charge is -2.15. The summed E-state index contributed by atoms with van der Waals surface area (Å²) in [6, 6.07) is 14.3. The van der Waals surface area contributed by atoms with Gasteiger partial charge in [0.25, 0.3) is 0 Å². The van der Waals surface area contributed by atoms with Crippen molar-refractivity contribution in [1.29, 1.82) is 0 Å². The van der Waals surface area contributed by atoms with Crippen molar-refractivity contribution in [2.24, 2.45) is 0 Å². The monoisotopic (exact) mass is 280 g/mol. The average molecular weight is 280 g/mol. The Labute approximate surface area is 124 Å². The molecule has 2 aromatic carbocycles. The first-order chi connectivity index (χ1) is 10.1. The van der Waals surface area contributed by atoms with Crippen molar-refractivity contribution >= 4 is 16.7 Å². The minimum absolute atomic E-state index is 0.755. The predicted octanol–water partition coefficient (Wildman–Crippen LogP) is 3.09. The van der Waals surface area contributed by atoms with Crippen LogP contribution in [0.2, 0.25) is 0 Å². The van der Waals surface area contributed by atoms with Gasteiger partial charge in [-0.05, 0) is 37.7 Å². The summed E-state index contributed by atoms with van der Waals surface area (Å²) < 4.78 is 0. The number of nitrogens with one attached hydrogen (secondary N) is 1. The van der Waals surface area contributed by atoms with E-state index in [0.717, 1.165) is 35.6 Å². The molecule has 0 aliphatic rings. The summed E-state index contributed by atoms with van der Waals surface area (Å²) in [5.41, 5.74) is 11.1. The number of nitrogens with two attached hydrogens (primary N) is 1. The Morgan fingerprint density at radius 1 is 1.14 bits per heavy atom. The van der Waals surface area contributed by atoms with Gasteiger partial charge in [0.15, 0.2) is 0 Å². The lowest BCUT2D eigenvalue weighted by Crippen LogP contribution is -2.18. The van der Waals surface area contributed by atoms with Crippen LogP contribution in [0.15, 0.2) is 42.5 Å². The highest BCUT2D eigenvalue weighted by molar-refractivity contribution is 5.78. The fourth-order valence-corrected chi connectivity index (χ4v) is 2.59. The highest BCUT2D eigenvalue weighted by Gasteiger charge is 2.07. The molecule has 0 spiro atoms. The average Bonchev–Trinajstić information content (AvgIpc) is 2.79. The fourth-order valence-electron chi connectivity index (χ4n) is 2.59. The van der Waals surface area contributed by atoms with Crippen LogP contribution in [0, 0.1) is 6.92 Å². The molecule has 4 nitrogen and oxygen atoms in total. The molecule has 0 aliphatic heterocycles. The molecule has 0 unspecified atom stereocenters. The molecule has 0 saturated carbocycles. The molecule has 0 bridgehead atoms. The standard InChI is InChI=1S/C17H20N4/c1-12-4-3-5-13(8-12)10-21(2)11-17-19-15-7-6-14(18)9-16(15)20-17/h3-9H,10-11,18H2,1-2H3,(H,19,20). The van der Waals surface area contributed by atoms with Crippen LogP contribution < -0.4 is 5.73 Å². The highest BCUT2D eigenvalue weighted by atomic mass is 15.1. The van der Waals surface area contributed by atoms with E-state index in [1.807, 2.05) is 18.2 Å². The van der Waals surface area contributed by atoms with E-state index >= 15 is 0 Å². The third kappa shape index (κ3) is 3.23. The molecule has 108 valence electrons. The summed E-state index contributed by atoms with van der Waals surface area (Å²) in [6.07, 6.45) is 0. The van der Waals surface area contributed by atoms with Gasteiger partial charge in [0.2, 0.25) is 0 Å². The largest absolute Gasteiger partial charge is 0.399 e. The number of anilines is 1. The smallest absolute Gasteiger partial charge is 0.121 e. The van der Waals surface area contributed by atoms with Crippen molar-refractivity contribution < 1.29 is 0 Å². The number of nitrogen functional groups attached to an aromatic ring is 1. The quantitative estimate of drug-likeness (QED) is 0.722. The van der Waals surface area contributed by atoms with Crippen LogP contribution in [0.1, 0.15) is 17.0 Å². The maximum absolute atomic E-state index is 5.79. The first-order valence-corrected chi connectivity index (χ1v) is 7.08. The second kappa shape index (κ2) is 5.58. The van der Waals surface area contributed by atoms with Crippen molar-refractivity contribution in [3.8, 4) is 0 Å². The summed E-state index contributed by atoms with van der Waals surface area (Å²) in [4.78, 5) is 10.2. The summed E-state index contributed by atoms with van der Waals surface area (Å²) in [7, 11) is 2.10. The molecular weight excluding hydrogens is 260 g/mol. The lowest BCUT2D eigenvalue weighted by molar-refractivity contribution is 0.312. The Balaban J connectivity index is 1.72. The molecule has 0 radical (unpaired) electrons. The van der Waals surface area contributed by atoms with Gasteiger partial charge in [-0.3, -0.25) is 4.90 Å². The number of hydrogen-bond acceptors (Lipinski definition) is 3. The van der Waals surface area contributed by atoms with Crippen LogP contribution in [0.4, 0.5) is 5.69 Å². The zero-order valence-corrected chi connectivity index (χ0v) is 12.4. The Kier molecular flexibility index (Phi) is 3.62. The molecule has 0 fully saturated rings. The van der Waals surface area contributed by atoms with E-state index in [0.29, 0.717) is 0 Å². The second-order valence-electron chi connectivity index (χ2n) is 5.62. The van der Waals surface area contributed by atoms with E-state index in [4.69, 9.17) is 5.73 Å². The highest BCUT2D eigenvalue weighted by Crippen LogP contribution is 2.16. The number of aromatic nitrogens is 2. The molecule has 4 heteroatoms. The van der Waals surface area contributed by atoms with Crippen LogP contribution in [0.3, 0.4) is 0 Å². The second-order valence-corrected chi connectivity index (χ2v) is 5.62. The molecule has 3 rings (SSSR count). The van der Waals surface area contributed by atoms with Gasteiger partial charge in [0.05, 0.1) is 17.6 Å². The maximum Gasteiger partial charge on any atom is 0.121 e. The lowest BCUT2D eigenvalue weighted by atomic mass is 10.1. The summed E-state index contributed by atoms with van der Waals surface area (Å²) in [5, 5.41) is 0. The number of aryl methyl sites for hydroxylation is 1. The Hall–Kier alpha value is -2.33. The summed E-state index contributed by atoms with van der Waals surface area (Å²) in [6.45, 7) is 3.80. The van der Waals surface area contributed by atoms with Gasteiger partial charge < -0.3 is 10.7 Å². The Morgan fingerprint density at radius 3 is 2.81 bits per heavy atom. The minimum Gasteiger partial charge on any atom is -0.399 e. The van der Waals surface area contributed by atoms with Gasteiger partial charge in [-0.1, -0.05) is 29.8 Å². The molecular formula is C17H20N4. The van der Waals surface area contributed by atoms with Gasteiger partial charge in [-0.15, -0.1) is 0 Å². The predicted molar refractivity (Wildman–Crippen MR) is 86.9 cm³/mol. The zero-order chi connectivity index (χ0) is 14.8. The zero-order valence-electron chi connectivity index (χ0n) is 12.4. The number of aromatic amines is 1. The van der Waals surface area contributed by atoms with Crippen molar-refractivity contribution in [2.45, 2.75) is 20.0 Å². The van der Waals surface area contributed by atoms with E-state index < -0.39 is 0 Å². The normalized spacial score (nSPS) is 11.4. The van der Waals surface area contributed by atoms with Gasteiger partial charge >= 0.3 is 0 Å². The van der Waals surface area contributed by atoms with Gasteiger partial charge in [0, 0.05) is 12.2 Å². The Bertz CT molecular complexity index is 760. The van der Waals surface area contributed by atoms with Crippen LogP contribution in [0.5, 0.6) is 0 Å². The molecule has 0 amide bonds. The van der Waals surface area contributed by atoms with Crippen molar-refractivity contribution in [1.82, 2.24) is 14.9 Å². The van der Waals surface area contributed by atoms with E-state index in [1.54, 1.807) is 0 Å². The third-order valence-corrected chi connectivity index (χ3v) is 3.51. The van der Waals surface area contributed by atoms with Crippen LogP contribution in [0.25, 0.3) is 11.0 Å². The summed E-state index contributed by atoms with van der Waals surface area (Å²) >= 11 is 0. The maximum atomic E-state index is 5.79. The molecule has 0 atom stereocenters. The van der Waals surface area contributed by atoms with E-state index in [1.165, 1.54) is 11.1 Å². The van der Waals surface area contributed by atoms with Gasteiger partial charge in [0.1, 0.15) is 5.82 Å². The third-order valence-electron chi connectivity index (χ3n) is 3.51. The van der Waals surface area contributed by atoms with Crippen LogP contribution >= 0.6 is 0 Å². The molecule has 21 heavy (non-hydrogen) atoms. The van der Waals surface area contributed by atoms with Gasteiger partial charge in [-0.25, -0.2) is 4.98 Å². The number of nitrogens with zero attached hydrogens (tertiary/aromatic N) is 2. The van der Waals surface area contributed by atoms with Crippen molar-refractivity contribution in [3.05, 3.63) is 59.4 Å². The number of benzene rings is 2. The molecule has 3 aromatic rings. The van der Waals surface area contributed by atoms with Crippen molar-refractivity contribution in [2.75, 3.05) is 12.8 Å². The topological polar surface area (TPSA) is 57.9 Å². The SMILES string of the molecule is Cc1cccc(CN(C)Cc2nc3ccc(N)cc3[nH]2)c1. The molecule has 0 aliphatic carbocycles. The minimum atomic E-state index is 0.755. The number of hydrogen-bond donors (Lipinski definition) is 2. The molecule has 1 heterocycles. The first-order valence-electron chi connectivity index (χ1n) is 7.08. The van der Waals surface area contributed by atoms with Crippen molar-refractivity contribution in [3.63, 3.8) is 0 Å². The van der Waals surface area contributed by atoms with E-state index in [9.17, 15) is 0 Å². The molecule has 0 saturated heterocycles. The number of rotatable bonds is 4.